The zero-order valence-corrected chi connectivity index (χ0v) is 11.2. The summed E-state index contributed by atoms with van der Waals surface area (Å²) in [7, 11) is 0. The van der Waals surface area contributed by atoms with Gasteiger partial charge in [-0.25, -0.2) is 0 Å². The summed E-state index contributed by atoms with van der Waals surface area (Å²) in [6, 6.07) is 3.78. The topological polar surface area (TPSA) is 107 Å². The third kappa shape index (κ3) is 3.05. The van der Waals surface area contributed by atoms with Gasteiger partial charge in [0.1, 0.15) is 0 Å². The standard InChI is InChI=1S/C13H17N3O4/c1-8(9-4-5-20-7-9)15-13(17)11-6-10(16(18)19)2-3-12(11)14/h2-3,6,8-9H,4-5,7,14H2,1H3,(H,15,17). The van der Waals surface area contributed by atoms with Crippen LogP contribution in [0.3, 0.4) is 0 Å². The highest BCUT2D eigenvalue weighted by atomic mass is 16.6. The first kappa shape index (κ1) is 14.3. The molecule has 108 valence electrons. The lowest BCUT2D eigenvalue weighted by atomic mass is 10.00. The molecule has 1 aromatic rings. The summed E-state index contributed by atoms with van der Waals surface area (Å²) in [6.07, 6.45) is 0.895. The first-order chi connectivity index (χ1) is 9.49. The van der Waals surface area contributed by atoms with Crippen molar-refractivity contribution >= 4 is 17.3 Å². The van der Waals surface area contributed by atoms with Crippen molar-refractivity contribution in [3.05, 3.63) is 33.9 Å². The van der Waals surface area contributed by atoms with E-state index in [9.17, 15) is 14.9 Å². The lowest BCUT2D eigenvalue weighted by Gasteiger charge is -2.19. The Labute approximate surface area is 116 Å². The molecular weight excluding hydrogens is 262 g/mol. The summed E-state index contributed by atoms with van der Waals surface area (Å²) in [5.41, 5.74) is 5.91. The maximum Gasteiger partial charge on any atom is 0.270 e. The van der Waals surface area contributed by atoms with Gasteiger partial charge in [-0.3, -0.25) is 14.9 Å². The van der Waals surface area contributed by atoms with Crippen LogP contribution in [0.4, 0.5) is 11.4 Å². The van der Waals surface area contributed by atoms with E-state index in [1.807, 2.05) is 6.92 Å². The summed E-state index contributed by atoms with van der Waals surface area (Å²) in [6.45, 7) is 3.21. The minimum Gasteiger partial charge on any atom is -0.398 e. The van der Waals surface area contributed by atoms with E-state index in [4.69, 9.17) is 10.5 Å². The van der Waals surface area contributed by atoms with E-state index in [1.165, 1.54) is 18.2 Å². The van der Waals surface area contributed by atoms with Crippen LogP contribution in [0.1, 0.15) is 23.7 Å². The van der Waals surface area contributed by atoms with Gasteiger partial charge in [0, 0.05) is 36.4 Å². The number of nitrogen functional groups attached to an aromatic ring is 1. The first-order valence-electron chi connectivity index (χ1n) is 6.41. The van der Waals surface area contributed by atoms with Gasteiger partial charge < -0.3 is 15.8 Å². The minimum absolute atomic E-state index is 0.0661. The lowest BCUT2D eigenvalue weighted by Crippen LogP contribution is -2.38. The molecule has 20 heavy (non-hydrogen) atoms. The molecule has 0 bridgehead atoms. The number of nitrogens with two attached hydrogens (primary N) is 1. The maximum atomic E-state index is 12.2. The van der Waals surface area contributed by atoms with Gasteiger partial charge in [-0.15, -0.1) is 0 Å². The van der Waals surface area contributed by atoms with Crippen molar-refractivity contribution in [3.63, 3.8) is 0 Å². The normalized spacial score (nSPS) is 19.6. The molecule has 7 nitrogen and oxygen atoms in total. The van der Waals surface area contributed by atoms with E-state index in [0.717, 1.165) is 6.42 Å². The van der Waals surface area contributed by atoms with Gasteiger partial charge in [-0.2, -0.15) is 0 Å². The number of non-ortho nitro benzene ring substituents is 1. The van der Waals surface area contributed by atoms with Crippen LogP contribution in [0.2, 0.25) is 0 Å². The molecule has 0 radical (unpaired) electrons. The number of nitrogens with one attached hydrogen (secondary N) is 1. The Morgan fingerprint density at radius 3 is 2.95 bits per heavy atom. The number of anilines is 1. The van der Waals surface area contributed by atoms with Crippen molar-refractivity contribution < 1.29 is 14.5 Å². The second-order valence-corrected chi connectivity index (χ2v) is 4.91. The Balaban J connectivity index is 2.11. The van der Waals surface area contributed by atoms with Crippen LogP contribution in [0.15, 0.2) is 18.2 Å². The molecule has 0 aliphatic carbocycles. The molecule has 2 rings (SSSR count). The third-order valence-electron chi connectivity index (χ3n) is 3.52. The smallest absolute Gasteiger partial charge is 0.270 e. The summed E-state index contributed by atoms with van der Waals surface area (Å²) < 4.78 is 5.27. The van der Waals surface area contributed by atoms with Gasteiger partial charge in [-0.05, 0) is 19.4 Å². The third-order valence-corrected chi connectivity index (χ3v) is 3.52. The van der Waals surface area contributed by atoms with Gasteiger partial charge in [0.15, 0.2) is 0 Å². The molecule has 0 aromatic heterocycles. The Hall–Kier alpha value is -2.15. The molecule has 0 saturated carbocycles. The van der Waals surface area contributed by atoms with Crippen LogP contribution in [0.25, 0.3) is 0 Å². The highest BCUT2D eigenvalue weighted by Gasteiger charge is 2.25. The predicted molar refractivity (Wildman–Crippen MR) is 73.4 cm³/mol. The van der Waals surface area contributed by atoms with E-state index in [2.05, 4.69) is 5.32 Å². The summed E-state index contributed by atoms with van der Waals surface area (Å²) in [4.78, 5) is 22.3. The van der Waals surface area contributed by atoms with Crippen LogP contribution in [-0.4, -0.2) is 30.1 Å². The Kier molecular flexibility index (Phi) is 4.19. The number of benzene rings is 1. The highest BCUT2D eigenvalue weighted by molar-refractivity contribution is 5.99. The second-order valence-electron chi connectivity index (χ2n) is 4.91. The molecule has 1 amide bonds. The Morgan fingerprint density at radius 1 is 1.60 bits per heavy atom. The van der Waals surface area contributed by atoms with Crippen LogP contribution < -0.4 is 11.1 Å². The number of hydrogen-bond acceptors (Lipinski definition) is 5. The Bertz CT molecular complexity index is 526. The fraction of sp³-hybridized carbons (Fsp3) is 0.462. The van der Waals surface area contributed by atoms with Crippen LogP contribution in [0, 0.1) is 16.0 Å². The SMILES string of the molecule is CC(NC(=O)c1cc([N+](=O)[O-])ccc1N)C1CCOC1. The van der Waals surface area contributed by atoms with Gasteiger partial charge >= 0.3 is 0 Å². The van der Waals surface area contributed by atoms with Gasteiger partial charge in [0.05, 0.1) is 17.1 Å². The maximum absolute atomic E-state index is 12.2. The summed E-state index contributed by atoms with van der Waals surface area (Å²) in [5, 5.41) is 13.6. The van der Waals surface area contributed by atoms with E-state index in [0.29, 0.717) is 13.2 Å². The number of rotatable bonds is 4. The van der Waals surface area contributed by atoms with Crippen LogP contribution in [0.5, 0.6) is 0 Å². The number of amides is 1. The molecule has 1 aliphatic heterocycles. The first-order valence-corrected chi connectivity index (χ1v) is 6.41. The zero-order valence-electron chi connectivity index (χ0n) is 11.2. The van der Waals surface area contributed by atoms with Crippen LogP contribution in [-0.2, 0) is 4.74 Å². The molecule has 0 spiro atoms. The number of carbonyl (C=O) groups excluding carboxylic acids is 1. The fourth-order valence-corrected chi connectivity index (χ4v) is 2.20. The van der Waals surface area contributed by atoms with Crippen molar-refractivity contribution in [2.24, 2.45) is 5.92 Å². The van der Waals surface area contributed by atoms with Gasteiger partial charge in [0.2, 0.25) is 0 Å². The Morgan fingerprint density at radius 2 is 2.35 bits per heavy atom. The lowest BCUT2D eigenvalue weighted by molar-refractivity contribution is -0.384. The van der Waals surface area contributed by atoms with Crippen molar-refractivity contribution in [3.8, 4) is 0 Å². The highest BCUT2D eigenvalue weighted by Crippen LogP contribution is 2.21. The second kappa shape index (κ2) is 5.87. The molecular formula is C13H17N3O4. The molecule has 1 fully saturated rings. The number of hydrogen-bond donors (Lipinski definition) is 2. The summed E-state index contributed by atoms with van der Waals surface area (Å²) >= 11 is 0. The van der Waals surface area contributed by atoms with Crippen molar-refractivity contribution in [1.82, 2.24) is 5.32 Å². The minimum atomic E-state index is -0.551. The molecule has 2 atom stereocenters. The number of ether oxygens (including phenoxy) is 1. The van der Waals surface area contributed by atoms with E-state index in [-0.39, 0.29) is 28.9 Å². The number of nitro groups is 1. The molecule has 1 aliphatic rings. The number of nitrogens with zero attached hydrogens (tertiary/aromatic N) is 1. The molecule has 1 saturated heterocycles. The van der Waals surface area contributed by atoms with E-state index in [1.54, 1.807) is 0 Å². The monoisotopic (exact) mass is 279 g/mol. The van der Waals surface area contributed by atoms with Crippen molar-refractivity contribution in [1.29, 1.82) is 0 Å². The molecule has 3 N–H and O–H groups in total. The molecule has 7 heteroatoms. The summed E-state index contributed by atoms with van der Waals surface area (Å²) in [5.74, 6) is -0.135. The van der Waals surface area contributed by atoms with Gasteiger partial charge in [-0.1, -0.05) is 0 Å². The molecule has 1 heterocycles. The van der Waals surface area contributed by atoms with Crippen molar-refractivity contribution in [2.75, 3.05) is 18.9 Å². The van der Waals surface area contributed by atoms with E-state index < -0.39 is 10.8 Å². The average Bonchev–Trinajstić information content (AvgIpc) is 2.92. The van der Waals surface area contributed by atoms with Crippen molar-refractivity contribution in [2.45, 2.75) is 19.4 Å². The van der Waals surface area contributed by atoms with Crippen LogP contribution >= 0.6 is 0 Å². The van der Waals surface area contributed by atoms with E-state index >= 15 is 0 Å². The number of carbonyl (C=O) groups is 1. The average molecular weight is 279 g/mol. The zero-order chi connectivity index (χ0) is 14.7. The molecule has 1 aromatic carbocycles. The predicted octanol–water partition coefficient (Wildman–Crippen LogP) is 1.33. The molecule has 2 unspecified atom stereocenters. The van der Waals surface area contributed by atoms with Gasteiger partial charge in [0.25, 0.3) is 11.6 Å². The quantitative estimate of drug-likeness (QED) is 0.491. The number of nitro benzene ring substituents is 1. The largest absolute Gasteiger partial charge is 0.398 e. The fourth-order valence-electron chi connectivity index (χ4n) is 2.20.